The monoisotopic (exact) mass is 211 g/mol. The average molecular weight is 212 g/mol. The Kier molecular flexibility index (Phi) is 2.38. The Labute approximate surface area is 86.3 Å². The molecule has 0 aliphatic heterocycles. The minimum Gasteiger partial charge on any atom is -0.264 e. The average Bonchev–Trinajstić information content (AvgIpc) is 2.19. The van der Waals surface area contributed by atoms with Gasteiger partial charge >= 0.3 is 0 Å². The van der Waals surface area contributed by atoms with Gasteiger partial charge in [-0.1, -0.05) is 17.7 Å². The Morgan fingerprint density at radius 2 is 2.00 bits per heavy atom. The molecule has 0 saturated heterocycles. The SMILES string of the molecule is ClCc1ccc(Cl)c2ccncc12. The molecule has 0 aliphatic carbocycles. The Bertz CT molecular complexity index is 440. The summed E-state index contributed by atoms with van der Waals surface area (Å²) in [5.74, 6) is 0.485. The number of alkyl halides is 1. The third kappa shape index (κ3) is 1.50. The van der Waals surface area contributed by atoms with E-state index in [-0.39, 0.29) is 0 Å². The highest BCUT2D eigenvalue weighted by Crippen LogP contribution is 2.26. The lowest BCUT2D eigenvalue weighted by molar-refractivity contribution is 1.34. The lowest BCUT2D eigenvalue weighted by Gasteiger charge is -2.03. The molecule has 0 amide bonds. The summed E-state index contributed by atoms with van der Waals surface area (Å²) in [5.41, 5.74) is 1.06. The minimum atomic E-state index is 0.485. The molecule has 0 radical (unpaired) electrons. The van der Waals surface area contributed by atoms with Crippen LogP contribution < -0.4 is 0 Å². The lowest BCUT2D eigenvalue weighted by Crippen LogP contribution is -1.83. The molecule has 3 heteroatoms. The molecule has 0 unspecified atom stereocenters. The van der Waals surface area contributed by atoms with Crippen molar-refractivity contribution >= 4 is 34.0 Å². The summed E-state index contributed by atoms with van der Waals surface area (Å²) in [6.45, 7) is 0. The van der Waals surface area contributed by atoms with E-state index in [1.165, 1.54) is 0 Å². The van der Waals surface area contributed by atoms with Crippen LogP contribution in [0.1, 0.15) is 5.56 Å². The molecule has 0 spiro atoms. The van der Waals surface area contributed by atoms with Gasteiger partial charge in [0.25, 0.3) is 0 Å². The zero-order valence-corrected chi connectivity index (χ0v) is 8.31. The van der Waals surface area contributed by atoms with Crippen molar-refractivity contribution in [2.75, 3.05) is 0 Å². The Morgan fingerprint density at radius 1 is 1.15 bits per heavy atom. The van der Waals surface area contributed by atoms with Crippen LogP contribution in [0.4, 0.5) is 0 Å². The number of hydrogen-bond acceptors (Lipinski definition) is 1. The van der Waals surface area contributed by atoms with Gasteiger partial charge in [0, 0.05) is 34.1 Å². The molecule has 0 N–H and O–H groups in total. The fourth-order valence-corrected chi connectivity index (χ4v) is 1.79. The summed E-state index contributed by atoms with van der Waals surface area (Å²) in [4.78, 5) is 4.05. The predicted molar refractivity (Wildman–Crippen MR) is 56.3 cm³/mol. The molecule has 2 rings (SSSR count). The first-order valence-electron chi connectivity index (χ1n) is 3.90. The number of rotatable bonds is 1. The van der Waals surface area contributed by atoms with Crippen molar-refractivity contribution in [1.82, 2.24) is 4.98 Å². The second-order valence-electron chi connectivity index (χ2n) is 2.76. The molecule has 66 valence electrons. The first-order valence-corrected chi connectivity index (χ1v) is 4.81. The number of hydrogen-bond donors (Lipinski definition) is 0. The summed E-state index contributed by atoms with van der Waals surface area (Å²) < 4.78 is 0. The molecular weight excluding hydrogens is 205 g/mol. The van der Waals surface area contributed by atoms with Crippen LogP contribution >= 0.6 is 23.2 Å². The second kappa shape index (κ2) is 3.52. The second-order valence-corrected chi connectivity index (χ2v) is 3.44. The van der Waals surface area contributed by atoms with E-state index in [1.807, 2.05) is 18.2 Å². The quantitative estimate of drug-likeness (QED) is 0.657. The van der Waals surface area contributed by atoms with Crippen LogP contribution in [0.5, 0.6) is 0 Å². The Morgan fingerprint density at radius 3 is 2.77 bits per heavy atom. The summed E-state index contributed by atoms with van der Waals surface area (Å²) in [7, 11) is 0. The molecule has 0 atom stereocenters. The van der Waals surface area contributed by atoms with Crippen molar-refractivity contribution in [3.8, 4) is 0 Å². The zero-order valence-electron chi connectivity index (χ0n) is 6.80. The highest BCUT2D eigenvalue weighted by Gasteiger charge is 2.02. The van der Waals surface area contributed by atoms with E-state index >= 15 is 0 Å². The van der Waals surface area contributed by atoms with Gasteiger partial charge in [-0.3, -0.25) is 4.98 Å². The van der Waals surface area contributed by atoms with Crippen molar-refractivity contribution in [2.45, 2.75) is 5.88 Å². The molecule has 0 saturated carbocycles. The number of aromatic nitrogens is 1. The van der Waals surface area contributed by atoms with E-state index in [0.717, 1.165) is 21.4 Å². The summed E-state index contributed by atoms with van der Waals surface area (Å²) in [6.07, 6.45) is 3.52. The maximum atomic E-state index is 6.02. The van der Waals surface area contributed by atoms with Crippen molar-refractivity contribution in [3.05, 3.63) is 41.2 Å². The number of benzene rings is 1. The van der Waals surface area contributed by atoms with Crippen LogP contribution in [0.15, 0.2) is 30.6 Å². The van der Waals surface area contributed by atoms with Crippen LogP contribution in [0.3, 0.4) is 0 Å². The molecule has 0 bridgehead atoms. The van der Waals surface area contributed by atoms with Crippen LogP contribution in [-0.2, 0) is 5.88 Å². The third-order valence-corrected chi connectivity index (χ3v) is 2.62. The summed E-state index contributed by atoms with van der Waals surface area (Å²) in [6, 6.07) is 5.69. The number of nitrogens with zero attached hydrogens (tertiary/aromatic N) is 1. The molecular formula is C10H7Cl2N. The molecule has 1 heterocycles. The van der Waals surface area contributed by atoms with Gasteiger partial charge in [0.1, 0.15) is 0 Å². The van der Waals surface area contributed by atoms with Crippen molar-refractivity contribution in [2.24, 2.45) is 0 Å². The van der Waals surface area contributed by atoms with Crippen LogP contribution in [0.2, 0.25) is 5.02 Å². The normalized spacial score (nSPS) is 10.6. The molecule has 0 aliphatic rings. The molecule has 1 aromatic heterocycles. The van der Waals surface area contributed by atoms with E-state index in [1.54, 1.807) is 12.4 Å². The highest BCUT2D eigenvalue weighted by atomic mass is 35.5. The standard InChI is InChI=1S/C10H7Cl2N/c11-5-7-1-2-10(12)8-3-4-13-6-9(7)8/h1-4,6H,5H2. The molecule has 2 aromatic rings. The van der Waals surface area contributed by atoms with E-state index in [9.17, 15) is 0 Å². The number of halogens is 2. The fourth-order valence-electron chi connectivity index (χ4n) is 1.33. The highest BCUT2D eigenvalue weighted by molar-refractivity contribution is 6.35. The largest absolute Gasteiger partial charge is 0.264 e. The molecule has 0 fully saturated rings. The summed E-state index contributed by atoms with van der Waals surface area (Å²) >= 11 is 11.8. The van der Waals surface area contributed by atoms with E-state index in [4.69, 9.17) is 23.2 Å². The van der Waals surface area contributed by atoms with Crippen LogP contribution in [0.25, 0.3) is 10.8 Å². The van der Waals surface area contributed by atoms with Gasteiger partial charge in [-0.2, -0.15) is 0 Å². The Balaban J connectivity index is 2.84. The smallest absolute Gasteiger partial charge is 0.0485 e. The van der Waals surface area contributed by atoms with Gasteiger partial charge in [0.05, 0.1) is 0 Å². The van der Waals surface area contributed by atoms with Gasteiger partial charge in [-0.15, -0.1) is 11.6 Å². The summed E-state index contributed by atoms with van der Waals surface area (Å²) in [5, 5.41) is 2.78. The Hall–Kier alpha value is -0.790. The van der Waals surface area contributed by atoms with E-state index in [0.29, 0.717) is 5.88 Å². The first kappa shape index (κ1) is 8.79. The van der Waals surface area contributed by atoms with Gasteiger partial charge in [0.15, 0.2) is 0 Å². The van der Waals surface area contributed by atoms with Crippen molar-refractivity contribution in [1.29, 1.82) is 0 Å². The van der Waals surface area contributed by atoms with E-state index in [2.05, 4.69) is 4.98 Å². The van der Waals surface area contributed by atoms with Gasteiger partial charge in [-0.25, -0.2) is 0 Å². The number of pyridine rings is 1. The first-order chi connectivity index (χ1) is 6.33. The number of fused-ring (bicyclic) bond motifs is 1. The van der Waals surface area contributed by atoms with E-state index < -0.39 is 0 Å². The topological polar surface area (TPSA) is 12.9 Å². The van der Waals surface area contributed by atoms with Crippen LogP contribution in [-0.4, -0.2) is 4.98 Å². The fraction of sp³-hybridized carbons (Fsp3) is 0.100. The molecule has 1 nitrogen and oxygen atoms in total. The van der Waals surface area contributed by atoms with Crippen LogP contribution in [0, 0.1) is 0 Å². The van der Waals surface area contributed by atoms with Gasteiger partial charge < -0.3 is 0 Å². The molecule has 1 aromatic carbocycles. The maximum Gasteiger partial charge on any atom is 0.0485 e. The van der Waals surface area contributed by atoms with Crippen molar-refractivity contribution in [3.63, 3.8) is 0 Å². The van der Waals surface area contributed by atoms with Gasteiger partial charge in [-0.05, 0) is 17.7 Å². The minimum absolute atomic E-state index is 0.485. The zero-order chi connectivity index (χ0) is 9.26. The maximum absolute atomic E-state index is 6.02. The predicted octanol–water partition coefficient (Wildman–Crippen LogP) is 3.63. The van der Waals surface area contributed by atoms with Crippen molar-refractivity contribution < 1.29 is 0 Å². The lowest BCUT2D eigenvalue weighted by atomic mass is 10.1. The molecule has 13 heavy (non-hydrogen) atoms. The van der Waals surface area contributed by atoms with Gasteiger partial charge in [0.2, 0.25) is 0 Å². The third-order valence-electron chi connectivity index (χ3n) is 2.00.